The highest BCUT2D eigenvalue weighted by Gasteiger charge is 1.95. The van der Waals surface area contributed by atoms with Gasteiger partial charge in [0, 0.05) is 13.1 Å². The van der Waals surface area contributed by atoms with E-state index in [9.17, 15) is 0 Å². The van der Waals surface area contributed by atoms with E-state index in [0.29, 0.717) is 0 Å². The molecule has 1 heteroatoms. The van der Waals surface area contributed by atoms with Gasteiger partial charge in [0.25, 0.3) is 0 Å². The first-order valence-electron chi connectivity index (χ1n) is 5.73. The second kappa shape index (κ2) is 22.6. The molecule has 1 nitrogen and oxygen atoms in total. The first-order chi connectivity index (χ1) is 6.39. The van der Waals surface area contributed by atoms with Crippen LogP contribution in [0.4, 0.5) is 0 Å². The highest BCUT2D eigenvalue weighted by atomic mass is 15.1. The molecule has 13 heavy (non-hydrogen) atoms. The maximum Gasteiger partial charge on any atom is 0.0160 e. The largest absolute Gasteiger partial charge is 0.302 e. The van der Waals surface area contributed by atoms with Gasteiger partial charge in [-0.1, -0.05) is 53.7 Å². The van der Waals surface area contributed by atoms with Crippen LogP contribution < -0.4 is 0 Å². The summed E-state index contributed by atoms with van der Waals surface area (Å²) < 4.78 is 0. The van der Waals surface area contributed by atoms with Gasteiger partial charge in [0.15, 0.2) is 0 Å². The van der Waals surface area contributed by atoms with Crippen molar-refractivity contribution < 1.29 is 0 Å². The molecule has 0 N–H and O–H groups in total. The van der Waals surface area contributed by atoms with E-state index in [1.165, 1.54) is 13.0 Å². The molecule has 0 spiro atoms. The maximum absolute atomic E-state index is 2.31. The molecule has 0 fully saturated rings. The Labute approximate surface area is 85.8 Å². The third kappa shape index (κ3) is 18.6. The minimum atomic E-state index is 1.14. The van der Waals surface area contributed by atoms with E-state index in [1.807, 2.05) is 41.5 Å². The van der Waals surface area contributed by atoms with Gasteiger partial charge in [0.1, 0.15) is 0 Å². The van der Waals surface area contributed by atoms with Crippen molar-refractivity contribution in [3.8, 4) is 0 Å². The third-order valence-corrected chi connectivity index (χ3v) is 1.26. The Morgan fingerprint density at radius 3 is 1.46 bits per heavy atom. The van der Waals surface area contributed by atoms with Crippen LogP contribution in [0, 0.1) is 0 Å². The van der Waals surface area contributed by atoms with Crippen LogP contribution in [0.25, 0.3) is 0 Å². The van der Waals surface area contributed by atoms with Crippen molar-refractivity contribution in [3.63, 3.8) is 0 Å². The Bertz CT molecular complexity index is 77.2. The van der Waals surface area contributed by atoms with Crippen LogP contribution in [0.15, 0.2) is 12.2 Å². The van der Waals surface area contributed by atoms with Gasteiger partial charge in [0.05, 0.1) is 0 Å². The van der Waals surface area contributed by atoms with E-state index < -0.39 is 0 Å². The monoisotopic (exact) mass is 187 g/mol. The smallest absolute Gasteiger partial charge is 0.0160 e. The van der Waals surface area contributed by atoms with Crippen molar-refractivity contribution in [2.24, 2.45) is 0 Å². The van der Waals surface area contributed by atoms with Crippen LogP contribution in [0.3, 0.4) is 0 Å². The minimum absolute atomic E-state index is 1.14. The highest BCUT2D eigenvalue weighted by molar-refractivity contribution is 4.89. The topological polar surface area (TPSA) is 3.24 Å². The Kier molecular flexibility index (Phi) is 32.1. The van der Waals surface area contributed by atoms with Gasteiger partial charge >= 0.3 is 0 Å². The normalized spacial score (nSPS) is 13.8. The van der Waals surface area contributed by atoms with Crippen LogP contribution >= 0.6 is 0 Å². The zero-order chi connectivity index (χ0) is 11.1. The second-order valence-electron chi connectivity index (χ2n) is 2.02. The molecular formula is C12H29N. The van der Waals surface area contributed by atoms with E-state index in [-0.39, 0.29) is 0 Å². The standard InChI is InChI=1S/C6H11N.3C2H6/c1-7-5-3-2-4-6-7;3*1-2/h2-3H,4-6H2,1H3;3*1-2H3. The van der Waals surface area contributed by atoms with Gasteiger partial charge in [-0.15, -0.1) is 0 Å². The van der Waals surface area contributed by atoms with Gasteiger partial charge in [-0.2, -0.15) is 0 Å². The first-order valence-corrected chi connectivity index (χ1v) is 5.73. The molecule has 0 atom stereocenters. The van der Waals surface area contributed by atoms with Crippen molar-refractivity contribution in [2.75, 3.05) is 20.1 Å². The molecule has 0 aromatic heterocycles. The maximum atomic E-state index is 2.31. The lowest BCUT2D eigenvalue weighted by molar-refractivity contribution is 0.366. The van der Waals surface area contributed by atoms with E-state index in [4.69, 9.17) is 0 Å². The zero-order valence-electron chi connectivity index (χ0n) is 10.7. The second-order valence-corrected chi connectivity index (χ2v) is 2.02. The minimum Gasteiger partial charge on any atom is -0.302 e. The van der Waals surface area contributed by atoms with Gasteiger partial charge in [-0.25, -0.2) is 0 Å². The van der Waals surface area contributed by atoms with Crippen LogP contribution in [0.2, 0.25) is 0 Å². The summed E-state index contributed by atoms with van der Waals surface area (Å²) in [5.74, 6) is 0. The molecule has 1 aliphatic heterocycles. The molecule has 0 saturated heterocycles. The summed E-state index contributed by atoms with van der Waals surface area (Å²) in [4.78, 5) is 2.31. The number of rotatable bonds is 0. The zero-order valence-corrected chi connectivity index (χ0v) is 10.7. The Morgan fingerprint density at radius 2 is 1.31 bits per heavy atom. The first kappa shape index (κ1) is 18.5. The summed E-state index contributed by atoms with van der Waals surface area (Å²) in [6.07, 6.45) is 5.68. The van der Waals surface area contributed by atoms with Crippen molar-refractivity contribution in [1.82, 2.24) is 4.90 Å². The lowest BCUT2D eigenvalue weighted by atomic mass is 10.3. The summed E-state index contributed by atoms with van der Waals surface area (Å²) in [6.45, 7) is 14.4. The van der Waals surface area contributed by atoms with Crippen LogP contribution in [-0.2, 0) is 0 Å². The number of hydrogen-bond donors (Lipinski definition) is 0. The molecule has 0 radical (unpaired) electrons. The summed E-state index contributed by atoms with van der Waals surface area (Å²) in [5, 5.41) is 0. The highest BCUT2D eigenvalue weighted by Crippen LogP contribution is 1.95. The van der Waals surface area contributed by atoms with Crippen LogP contribution in [-0.4, -0.2) is 25.0 Å². The molecule has 0 bridgehead atoms. The molecule has 1 aliphatic rings. The molecule has 0 aliphatic carbocycles. The molecule has 0 aromatic carbocycles. The third-order valence-electron chi connectivity index (χ3n) is 1.26. The molecule has 0 saturated carbocycles. The average molecular weight is 187 g/mol. The summed E-state index contributed by atoms with van der Waals surface area (Å²) >= 11 is 0. The Balaban J connectivity index is -0.000000144. The van der Waals surface area contributed by atoms with E-state index in [0.717, 1.165) is 6.54 Å². The molecule has 0 aromatic rings. The summed E-state index contributed by atoms with van der Waals surface area (Å²) in [5.41, 5.74) is 0. The molecule has 0 amide bonds. The molecule has 82 valence electrons. The van der Waals surface area contributed by atoms with Gasteiger partial charge < -0.3 is 4.90 Å². The van der Waals surface area contributed by atoms with Crippen LogP contribution in [0.5, 0.6) is 0 Å². The number of hydrogen-bond acceptors (Lipinski definition) is 1. The lowest BCUT2D eigenvalue weighted by Crippen LogP contribution is -2.21. The van der Waals surface area contributed by atoms with Crippen molar-refractivity contribution in [1.29, 1.82) is 0 Å². The fraction of sp³-hybridized carbons (Fsp3) is 0.833. The quantitative estimate of drug-likeness (QED) is 0.519. The molecule has 0 unspecified atom stereocenters. The molecule has 1 rings (SSSR count). The van der Waals surface area contributed by atoms with Crippen molar-refractivity contribution >= 4 is 0 Å². The van der Waals surface area contributed by atoms with E-state index in [1.54, 1.807) is 0 Å². The predicted molar refractivity (Wildman–Crippen MR) is 65.3 cm³/mol. The van der Waals surface area contributed by atoms with E-state index >= 15 is 0 Å². The predicted octanol–water partition coefficient (Wildman–Crippen LogP) is 3.96. The van der Waals surface area contributed by atoms with Gasteiger partial charge in [-0.05, 0) is 13.5 Å². The van der Waals surface area contributed by atoms with E-state index in [2.05, 4.69) is 24.1 Å². The Morgan fingerprint density at radius 1 is 0.846 bits per heavy atom. The molecule has 1 heterocycles. The Hall–Kier alpha value is -0.300. The lowest BCUT2D eigenvalue weighted by Gasteiger charge is -2.15. The summed E-state index contributed by atoms with van der Waals surface area (Å²) in [6, 6.07) is 0. The van der Waals surface area contributed by atoms with Crippen LogP contribution in [0.1, 0.15) is 48.0 Å². The summed E-state index contributed by atoms with van der Waals surface area (Å²) in [7, 11) is 2.14. The number of nitrogens with zero attached hydrogens (tertiary/aromatic N) is 1. The van der Waals surface area contributed by atoms with Gasteiger partial charge in [0.2, 0.25) is 0 Å². The van der Waals surface area contributed by atoms with Crippen molar-refractivity contribution in [3.05, 3.63) is 12.2 Å². The van der Waals surface area contributed by atoms with Crippen molar-refractivity contribution in [2.45, 2.75) is 48.0 Å². The fourth-order valence-corrected chi connectivity index (χ4v) is 0.759. The SMILES string of the molecule is CC.CC.CC.CN1CC=CCC1. The fourth-order valence-electron chi connectivity index (χ4n) is 0.759. The average Bonchev–Trinajstić information content (AvgIpc) is 2.28. The van der Waals surface area contributed by atoms with Gasteiger partial charge in [-0.3, -0.25) is 0 Å². The number of likely N-dealkylation sites (N-methyl/N-ethyl adjacent to an activating group) is 1. The molecular weight excluding hydrogens is 158 g/mol.